The molecule has 5 rings (SSSR count). The van der Waals surface area contributed by atoms with Crippen molar-refractivity contribution in [2.75, 3.05) is 19.8 Å². The summed E-state index contributed by atoms with van der Waals surface area (Å²) in [4.78, 5) is 13.9. The van der Waals surface area contributed by atoms with Crippen molar-refractivity contribution in [3.05, 3.63) is 57.7 Å². The van der Waals surface area contributed by atoms with E-state index in [1.165, 1.54) is 0 Å². The molecule has 3 aliphatic rings. The van der Waals surface area contributed by atoms with Gasteiger partial charge >= 0.3 is 0 Å². The predicted molar refractivity (Wildman–Crippen MR) is 109 cm³/mol. The van der Waals surface area contributed by atoms with Gasteiger partial charge in [-0.25, -0.2) is 9.98 Å². The van der Waals surface area contributed by atoms with Crippen LogP contribution in [0.15, 0.2) is 51.0 Å². The van der Waals surface area contributed by atoms with Crippen molar-refractivity contribution in [2.24, 2.45) is 9.98 Å². The van der Waals surface area contributed by atoms with Crippen LogP contribution >= 0.6 is 15.9 Å². The lowest BCUT2D eigenvalue weighted by Gasteiger charge is -2.41. The van der Waals surface area contributed by atoms with Crippen LogP contribution in [0.2, 0.25) is 0 Å². The van der Waals surface area contributed by atoms with Crippen LogP contribution in [0.25, 0.3) is 0 Å². The Morgan fingerprint density at radius 1 is 1.04 bits per heavy atom. The third kappa shape index (κ3) is 3.07. The number of benzene rings is 1. The highest BCUT2D eigenvalue weighted by Crippen LogP contribution is 2.47. The standard InChI is InChI=1S/C21H20BrN3O3/c1-20(2)12-21(26-7-8-27-21)16-9-14(10-24-19(16)28-20)17-11-23-18(25-17)13-3-5-15(22)6-4-13/h3-6,9-10H,7-8,11-12H2,1-2H3. The molecule has 0 atom stereocenters. The van der Waals surface area contributed by atoms with Crippen LogP contribution in [0, 0.1) is 0 Å². The third-order valence-corrected chi connectivity index (χ3v) is 5.63. The van der Waals surface area contributed by atoms with Gasteiger partial charge in [-0.15, -0.1) is 0 Å². The molecule has 28 heavy (non-hydrogen) atoms. The fourth-order valence-corrected chi connectivity index (χ4v) is 4.15. The van der Waals surface area contributed by atoms with Gasteiger partial charge in [-0.1, -0.05) is 28.1 Å². The molecule has 0 saturated carbocycles. The summed E-state index contributed by atoms with van der Waals surface area (Å²) in [6.45, 7) is 5.71. The van der Waals surface area contributed by atoms with Crippen LogP contribution in [0.3, 0.4) is 0 Å². The van der Waals surface area contributed by atoms with E-state index in [-0.39, 0.29) is 0 Å². The molecule has 1 saturated heterocycles. The summed E-state index contributed by atoms with van der Waals surface area (Å²) in [6.07, 6.45) is 2.41. The lowest BCUT2D eigenvalue weighted by atomic mass is 9.89. The molecule has 4 heterocycles. The lowest BCUT2D eigenvalue weighted by molar-refractivity contribution is -0.208. The zero-order chi connectivity index (χ0) is 19.4. The normalized spacial score (nSPS) is 21.8. The molecule has 0 unspecified atom stereocenters. The number of pyridine rings is 1. The summed E-state index contributed by atoms with van der Waals surface area (Å²) in [5, 5.41) is 0. The molecule has 144 valence electrons. The number of ether oxygens (including phenoxy) is 3. The molecular weight excluding hydrogens is 422 g/mol. The number of aliphatic imine (C=N–C) groups is 2. The highest BCUT2D eigenvalue weighted by Gasteiger charge is 2.50. The zero-order valence-electron chi connectivity index (χ0n) is 15.7. The Balaban J connectivity index is 1.50. The molecule has 2 aromatic rings. The van der Waals surface area contributed by atoms with E-state index in [0.717, 1.165) is 32.7 Å². The van der Waals surface area contributed by atoms with Gasteiger partial charge in [0.25, 0.3) is 0 Å². The molecule has 1 spiro atoms. The predicted octanol–water partition coefficient (Wildman–Crippen LogP) is 3.85. The van der Waals surface area contributed by atoms with Crippen LogP contribution in [0.5, 0.6) is 5.88 Å². The first-order valence-corrected chi connectivity index (χ1v) is 10.1. The number of hydrogen-bond donors (Lipinski definition) is 0. The van der Waals surface area contributed by atoms with Gasteiger partial charge in [-0.2, -0.15) is 0 Å². The van der Waals surface area contributed by atoms with Gasteiger partial charge in [-0.05, 0) is 32.0 Å². The molecule has 6 nitrogen and oxygen atoms in total. The van der Waals surface area contributed by atoms with Crippen LogP contribution in [-0.4, -0.2) is 41.9 Å². The zero-order valence-corrected chi connectivity index (χ0v) is 17.3. The molecule has 1 aromatic carbocycles. The maximum absolute atomic E-state index is 6.08. The Hall–Kier alpha value is -2.09. The smallest absolute Gasteiger partial charge is 0.222 e. The number of amidine groups is 1. The van der Waals surface area contributed by atoms with Crippen LogP contribution in [0.4, 0.5) is 0 Å². The summed E-state index contributed by atoms with van der Waals surface area (Å²) in [6, 6.07) is 10.0. The first-order chi connectivity index (χ1) is 13.4. The number of halogens is 1. The van der Waals surface area contributed by atoms with Crippen molar-refractivity contribution in [1.29, 1.82) is 0 Å². The second-order valence-electron chi connectivity index (χ2n) is 7.77. The van der Waals surface area contributed by atoms with Gasteiger partial charge in [0.2, 0.25) is 11.7 Å². The van der Waals surface area contributed by atoms with E-state index >= 15 is 0 Å². The minimum Gasteiger partial charge on any atom is -0.471 e. The number of rotatable bonds is 2. The van der Waals surface area contributed by atoms with Gasteiger partial charge in [0, 0.05) is 28.2 Å². The molecule has 3 aliphatic heterocycles. The highest BCUT2D eigenvalue weighted by molar-refractivity contribution is 9.10. The SMILES string of the molecule is CC1(C)CC2(OCCO2)c2cc(C3=NC(c4ccc(Br)cc4)=NC3)cnc2O1. The first-order valence-electron chi connectivity index (χ1n) is 9.30. The van der Waals surface area contributed by atoms with Crippen LogP contribution in [-0.2, 0) is 15.3 Å². The maximum atomic E-state index is 6.08. The summed E-state index contributed by atoms with van der Waals surface area (Å²) in [5.74, 6) is 0.504. The van der Waals surface area contributed by atoms with E-state index < -0.39 is 11.4 Å². The van der Waals surface area contributed by atoms with Crippen LogP contribution < -0.4 is 4.74 Å². The van der Waals surface area contributed by atoms with Gasteiger partial charge in [0.1, 0.15) is 5.60 Å². The molecule has 1 fully saturated rings. The second kappa shape index (κ2) is 6.47. The molecule has 0 N–H and O–H groups in total. The van der Waals surface area contributed by atoms with Gasteiger partial charge in [-0.3, -0.25) is 4.99 Å². The Morgan fingerprint density at radius 3 is 2.54 bits per heavy atom. The van der Waals surface area contributed by atoms with Gasteiger partial charge in [0.05, 0.1) is 31.0 Å². The molecule has 7 heteroatoms. The average molecular weight is 442 g/mol. The minimum atomic E-state index is -0.797. The lowest BCUT2D eigenvalue weighted by Crippen LogP contribution is -2.45. The largest absolute Gasteiger partial charge is 0.471 e. The number of nitrogens with zero attached hydrogens (tertiary/aromatic N) is 3. The fourth-order valence-electron chi connectivity index (χ4n) is 3.89. The summed E-state index contributed by atoms with van der Waals surface area (Å²) in [7, 11) is 0. The minimum absolute atomic E-state index is 0.408. The summed E-state index contributed by atoms with van der Waals surface area (Å²) < 4.78 is 19.2. The van der Waals surface area contributed by atoms with Gasteiger partial charge < -0.3 is 14.2 Å². The first kappa shape index (κ1) is 18.0. The monoisotopic (exact) mass is 441 g/mol. The number of fused-ring (bicyclic) bond motifs is 2. The quantitative estimate of drug-likeness (QED) is 0.709. The van der Waals surface area contributed by atoms with Gasteiger partial charge in [0.15, 0.2) is 5.84 Å². The molecular formula is C21H20BrN3O3. The van der Waals surface area contributed by atoms with Crippen molar-refractivity contribution in [2.45, 2.75) is 31.7 Å². The fraction of sp³-hybridized carbons (Fsp3) is 0.381. The molecule has 0 aliphatic carbocycles. The summed E-state index contributed by atoms with van der Waals surface area (Å²) >= 11 is 3.46. The molecule has 0 bridgehead atoms. The molecule has 0 radical (unpaired) electrons. The number of hydrogen-bond acceptors (Lipinski definition) is 6. The Kier molecular flexibility index (Phi) is 4.15. The molecule has 0 amide bonds. The second-order valence-corrected chi connectivity index (χ2v) is 8.69. The average Bonchev–Trinajstić information content (AvgIpc) is 3.32. The maximum Gasteiger partial charge on any atom is 0.222 e. The molecule has 1 aromatic heterocycles. The van der Waals surface area contributed by atoms with E-state index in [2.05, 4.69) is 25.9 Å². The van der Waals surface area contributed by atoms with E-state index in [0.29, 0.717) is 32.1 Å². The van der Waals surface area contributed by atoms with E-state index in [1.807, 2.05) is 44.2 Å². The highest BCUT2D eigenvalue weighted by atomic mass is 79.9. The topological polar surface area (TPSA) is 65.3 Å². The van der Waals surface area contributed by atoms with Crippen molar-refractivity contribution in [1.82, 2.24) is 4.98 Å². The van der Waals surface area contributed by atoms with Crippen molar-refractivity contribution >= 4 is 27.5 Å². The third-order valence-electron chi connectivity index (χ3n) is 5.10. The van der Waals surface area contributed by atoms with E-state index in [9.17, 15) is 0 Å². The Morgan fingerprint density at radius 2 is 1.79 bits per heavy atom. The van der Waals surface area contributed by atoms with Crippen molar-refractivity contribution in [3.63, 3.8) is 0 Å². The Bertz CT molecular complexity index is 992. The van der Waals surface area contributed by atoms with Crippen molar-refractivity contribution < 1.29 is 14.2 Å². The van der Waals surface area contributed by atoms with E-state index in [4.69, 9.17) is 19.2 Å². The number of aromatic nitrogens is 1. The van der Waals surface area contributed by atoms with Crippen LogP contribution in [0.1, 0.15) is 37.0 Å². The summed E-state index contributed by atoms with van der Waals surface area (Å²) in [5.41, 5.74) is 3.21. The van der Waals surface area contributed by atoms with E-state index in [1.54, 1.807) is 6.20 Å². The van der Waals surface area contributed by atoms with Crippen molar-refractivity contribution in [3.8, 4) is 5.88 Å². The Labute approximate surface area is 171 Å².